The van der Waals surface area contributed by atoms with Crippen LogP contribution in [-0.4, -0.2) is 128 Å². The van der Waals surface area contributed by atoms with Crippen LogP contribution in [0.15, 0.2) is 23.0 Å². The Hall–Kier alpha value is -1.61. The molecule has 12 heteroatoms. The van der Waals surface area contributed by atoms with Crippen molar-refractivity contribution in [1.82, 2.24) is 4.90 Å². The Bertz CT molecular complexity index is 1260. The van der Waals surface area contributed by atoms with Gasteiger partial charge in [-0.05, 0) is 99.5 Å². The van der Waals surface area contributed by atoms with Crippen LogP contribution in [0, 0.1) is 11.8 Å². The lowest BCUT2D eigenvalue weighted by atomic mass is 9.78. The summed E-state index contributed by atoms with van der Waals surface area (Å²) in [6.45, 7) is 19.2. The summed E-state index contributed by atoms with van der Waals surface area (Å²) in [6.07, 6.45) is -2.79. The molecule has 0 aliphatic carbocycles. The minimum atomic E-state index is -1.02. The second-order valence-corrected chi connectivity index (χ2v) is 16.1. The molecule has 288 valence electrons. The number of aliphatic hydroxyl groups is 2. The summed E-state index contributed by atoms with van der Waals surface area (Å²) < 4.78 is 51.4. The molecule has 0 amide bonds. The number of cyclic esters (lactones) is 1. The van der Waals surface area contributed by atoms with Crippen molar-refractivity contribution in [2.75, 3.05) is 28.3 Å². The van der Waals surface area contributed by atoms with Gasteiger partial charge in [0, 0.05) is 39.0 Å². The van der Waals surface area contributed by atoms with Gasteiger partial charge in [-0.25, -0.2) is 0 Å². The van der Waals surface area contributed by atoms with Crippen molar-refractivity contribution in [3.63, 3.8) is 0 Å². The van der Waals surface area contributed by atoms with Crippen molar-refractivity contribution < 1.29 is 52.9 Å². The molecule has 12 nitrogen and oxygen atoms in total. The van der Waals surface area contributed by atoms with Crippen molar-refractivity contribution in [3.8, 4) is 0 Å². The number of hydrogen-bond donors (Lipinski definition) is 2. The van der Waals surface area contributed by atoms with Crippen molar-refractivity contribution in [3.05, 3.63) is 23.0 Å². The van der Waals surface area contributed by atoms with Gasteiger partial charge in [-0.3, -0.25) is 4.79 Å². The SMILES string of the molecule is CC[C@H]1OC(=O)[C@H](C)[C@@H](O[C@H]2C[C@@](C)(OC)[C@@H](O)[C@H](C)O2)[C@H](C)[C@@H](O[C@@H]2O[C@H](C)C[C@H](N(C)C)[C@H]2O)[C@](C)(OC)C/C(C)=C2/O[C@@]1(C)C=C2C. The first-order valence-electron chi connectivity index (χ1n) is 18.3. The van der Waals surface area contributed by atoms with Gasteiger partial charge in [0.15, 0.2) is 18.2 Å². The Kier molecular flexibility index (Phi) is 13.0. The molecule has 0 aromatic carbocycles. The average Bonchev–Trinajstić information content (AvgIpc) is 3.38. The number of rotatable bonds is 8. The predicted octanol–water partition coefficient (Wildman–Crippen LogP) is 4.50. The first kappa shape index (κ1) is 41.2. The van der Waals surface area contributed by atoms with E-state index in [1.807, 2.05) is 80.5 Å². The van der Waals surface area contributed by atoms with Gasteiger partial charge in [0.1, 0.15) is 24.1 Å². The van der Waals surface area contributed by atoms with Crippen LogP contribution in [0.4, 0.5) is 0 Å². The summed E-state index contributed by atoms with van der Waals surface area (Å²) in [4.78, 5) is 16.2. The molecular formula is C38H65NO11. The Labute approximate surface area is 299 Å². The maximum atomic E-state index is 14.2. The number of ether oxygens (including phenoxy) is 8. The molecule has 2 fully saturated rings. The van der Waals surface area contributed by atoms with E-state index in [2.05, 4.69) is 0 Å². The second kappa shape index (κ2) is 15.8. The van der Waals surface area contributed by atoms with E-state index >= 15 is 0 Å². The summed E-state index contributed by atoms with van der Waals surface area (Å²) in [5, 5.41) is 22.5. The highest BCUT2D eigenvalue weighted by Gasteiger charge is 2.53. The zero-order valence-corrected chi connectivity index (χ0v) is 32.8. The number of carbonyl (C=O) groups excluding carboxylic acids is 1. The molecule has 50 heavy (non-hydrogen) atoms. The van der Waals surface area contributed by atoms with Gasteiger partial charge in [0.2, 0.25) is 0 Å². The first-order valence-corrected chi connectivity index (χ1v) is 18.3. The zero-order valence-electron chi connectivity index (χ0n) is 32.8. The third-order valence-electron chi connectivity index (χ3n) is 11.7. The van der Waals surface area contributed by atoms with Gasteiger partial charge >= 0.3 is 5.97 Å². The number of likely N-dealkylation sites (N-methyl/N-ethyl adjacent to an activating group) is 1. The molecular weight excluding hydrogens is 646 g/mol. The van der Waals surface area contributed by atoms with Crippen LogP contribution >= 0.6 is 0 Å². The monoisotopic (exact) mass is 711 g/mol. The molecule has 2 N–H and O–H groups in total. The summed E-state index contributed by atoms with van der Waals surface area (Å²) in [6, 6.07) is -0.203. The van der Waals surface area contributed by atoms with Gasteiger partial charge < -0.3 is 53.0 Å². The van der Waals surface area contributed by atoms with Gasteiger partial charge in [-0.15, -0.1) is 0 Å². The Morgan fingerprint density at radius 2 is 1.62 bits per heavy atom. The minimum absolute atomic E-state index is 0.182. The fraction of sp³-hybridized carbons (Fsp3) is 0.868. The van der Waals surface area contributed by atoms with Gasteiger partial charge in [-0.2, -0.15) is 0 Å². The van der Waals surface area contributed by atoms with Crippen molar-refractivity contribution in [1.29, 1.82) is 0 Å². The standard InChI is InChI=1S/C38H65NO11/c1-15-27-36(8)17-20(2)30(50-36)21(3)18-38(10,44-14)33(49-35-29(40)26(39(11)12)16-22(4)45-35)23(5)31(24(6)34(42)47-27)48-28-19-37(9,43-13)32(41)25(7)46-28/h17,22-29,31-33,35,40-41H,15-16,18-19H2,1-14H3/b30-21+/t22-,23+,24-,25+,26+,27-,28+,29-,31+,32+,33-,35+,36+,37-,38-/m1/s1. The maximum absolute atomic E-state index is 14.2. The second-order valence-electron chi connectivity index (χ2n) is 16.1. The summed E-state index contributed by atoms with van der Waals surface area (Å²) in [5.41, 5.74) is -0.944. The summed E-state index contributed by atoms with van der Waals surface area (Å²) >= 11 is 0. The number of nitrogens with zero attached hydrogens (tertiary/aromatic N) is 1. The van der Waals surface area contributed by atoms with Crippen LogP contribution in [0.3, 0.4) is 0 Å². The molecule has 0 spiro atoms. The first-order chi connectivity index (χ1) is 23.2. The third-order valence-corrected chi connectivity index (χ3v) is 11.7. The van der Waals surface area contributed by atoms with Crippen molar-refractivity contribution >= 4 is 5.97 Å². The van der Waals surface area contributed by atoms with Crippen LogP contribution in [-0.2, 0) is 42.7 Å². The van der Waals surface area contributed by atoms with Gasteiger partial charge in [0.25, 0.3) is 0 Å². The molecule has 0 saturated carbocycles. The molecule has 15 atom stereocenters. The highest BCUT2D eigenvalue weighted by atomic mass is 16.7. The van der Waals surface area contributed by atoms with E-state index in [4.69, 9.17) is 37.9 Å². The van der Waals surface area contributed by atoms with Crippen LogP contribution in [0.2, 0.25) is 0 Å². The van der Waals surface area contributed by atoms with E-state index in [9.17, 15) is 15.0 Å². The number of fused-ring (bicyclic) bond motifs is 2. The predicted molar refractivity (Wildman–Crippen MR) is 187 cm³/mol. The topological polar surface area (TPSA) is 135 Å². The smallest absolute Gasteiger partial charge is 0.311 e. The van der Waals surface area contributed by atoms with Crippen LogP contribution < -0.4 is 0 Å². The summed E-state index contributed by atoms with van der Waals surface area (Å²) in [7, 11) is 7.06. The fourth-order valence-corrected chi connectivity index (χ4v) is 8.55. The molecule has 0 aromatic rings. The number of methoxy groups -OCH3 is 2. The molecule has 4 aliphatic heterocycles. The normalized spacial score (nSPS) is 47.9. The Morgan fingerprint density at radius 3 is 2.20 bits per heavy atom. The number of aliphatic hydroxyl groups excluding tert-OH is 2. The molecule has 4 heterocycles. The van der Waals surface area contributed by atoms with Crippen molar-refractivity contribution in [2.24, 2.45) is 11.8 Å². The lowest BCUT2D eigenvalue weighted by Gasteiger charge is -2.49. The highest BCUT2D eigenvalue weighted by molar-refractivity contribution is 5.73. The van der Waals surface area contributed by atoms with Crippen LogP contribution in [0.5, 0.6) is 0 Å². The molecule has 2 saturated heterocycles. The lowest BCUT2D eigenvalue weighted by Crippen LogP contribution is -2.60. The van der Waals surface area contributed by atoms with E-state index in [0.29, 0.717) is 19.3 Å². The molecule has 0 aromatic heterocycles. The van der Waals surface area contributed by atoms with Crippen LogP contribution in [0.1, 0.15) is 94.9 Å². The largest absolute Gasteiger partial charge is 0.479 e. The molecule has 0 radical (unpaired) electrons. The molecule has 4 rings (SSSR count). The molecule has 4 aliphatic rings. The van der Waals surface area contributed by atoms with Crippen molar-refractivity contribution in [2.45, 2.75) is 173 Å². The highest BCUT2D eigenvalue weighted by Crippen LogP contribution is 2.44. The Balaban J connectivity index is 1.85. The summed E-state index contributed by atoms with van der Waals surface area (Å²) in [5.74, 6) is -1.07. The van der Waals surface area contributed by atoms with E-state index in [1.165, 1.54) is 0 Å². The third kappa shape index (κ3) is 8.14. The maximum Gasteiger partial charge on any atom is 0.311 e. The fourth-order valence-electron chi connectivity index (χ4n) is 8.55. The van der Waals surface area contributed by atoms with E-state index in [-0.39, 0.29) is 18.6 Å². The minimum Gasteiger partial charge on any atom is -0.479 e. The zero-order chi connectivity index (χ0) is 37.5. The number of esters is 1. The quantitative estimate of drug-likeness (QED) is 0.344. The number of carbonyl (C=O) groups is 1. The Morgan fingerprint density at radius 1 is 0.980 bits per heavy atom. The van der Waals surface area contributed by atoms with Gasteiger partial charge in [-0.1, -0.05) is 13.8 Å². The van der Waals surface area contributed by atoms with E-state index in [1.54, 1.807) is 28.1 Å². The number of allylic oxidation sites excluding steroid dienone is 1. The average molecular weight is 712 g/mol. The van der Waals surface area contributed by atoms with E-state index in [0.717, 1.165) is 16.9 Å². The van der Waals surface area contributed by atoms with E-state index < -0.39 is 83.8 Å². The lowest BCUT2D eigenvalue weighted by molar-refractivity contribution is -0.318. The molecule has 0 unspecified atom stereocenters. The number of hydrogen-bond acceptors (Lipinski definition) is 12. The molecule has 2 bridgehead atoms. The van der Waals surface area contributed by atoms with Crippen LogP contribution in [0.25, 0.3) is 0 Å². The van der Waals surface area contributed by atoms with Gasteiger partial charge in [0.05, 0.1) is 41.5 Å².